The largest absolute Gasteiger partial charge is 0.490 e. The van der Waals surface area contributed by atoms with Gasteiger partial charge in [-0.1, -0.05) is 5.16 Å². The molecule has 0 saturated carbocycles. The number of aliphatic carboxylic acids is 1. The fraction of sp³-hybridized carbons (Fsp3) is 0.429. The highest BCUT2D eigenvalue weighted by molar-refractivity contribution is 7.15. The Labute approximate surface area is 190 Å². The standard InChI is InChI=1S/C19H20N4O2S.C2HF3O2/c1-11-17(13-6-7-20-9-12(13)10-21-11)18-22-19(25-23-18)16-5-4-15(26-16)14-3-2-8-24-14;3-2(4,5)1(6)7/h4-5,10,14,20H,2-3,6-9H2,1H3;(H,6,7). The smallest absolute Gasteiger partial charge is 0.475 e. The fourth-order valence-electron chi connectivity index (χ4n) is 3.74. The van der Waals surface area contributed by atoms with Gasteiger partial charge in [0.15, 0.2) is 0 Å². The minimum atomic E-state index is -5.08. The number of carboxylic acids is 1. The second kappa shape index (κ2) is 9.57. The Hall–Kier alpha value is -2.83. The van der Waals surface area contributed by atoms with Crippen LogP contribution in [0.3, 0.4) is 0 Å². The third kappa shape index (κ3) is 5.23. The molecule has 5 heterocycles. The van der Waals surface area contributed by atoms with E-state index in [4.69, 9.17) is 24.1 Å². The molecule has 33 heavy (non-hydrogen) atoms. The summed E-state index contributed by atoms with van der Waals surface area (Å²) in [7, 11) is 0. The molecule has 2 N–H and O–H groups in total. The van der Waals surface area contributed by atoms with Crippen LogP contribution in [0.1, 0.15) is 40.6 Å². The minimum Gasteiger partial charge on any atom is -0.475 e. The van der Waals surface area contributed by atoms with Gasteiger partial charge >= 0.3 is 12.1 Å². The highest BCUT2D eigenvalue weighted by Gasteiger charge is 2.38. The first-order chi connectivity index (χ1) is 15.7. The average Bonchev–Trinajstić information content (AvgIpc) is 3.54. The zero-order valence-electron chi connectivity index (χ0n) is 17.6. The van der Waals surface area contributed by atoms with Crippen LogP contribution in [0.2, 0.25) is 0 Å². The van der Waals surface area contributed by atoms with Crippen molar-refractivity contribution in [2.75, 3.05) is 13.2 Å². The summed E-state index contributed by atoms with van der Waals surface area (Å²) < 4.78 is 43.1. The third-order valence-electron chi connectivity index (χ3n) is 5.31. The molecule has 1 saturated heterocycles. The molecular weight excluding hydrogens is 461 g/mol. The van der Waals surface area contributed by atoms with Gasteiger partial charge < -0.3 is 19.7 Å². The lowest BCUT2D eigenvalue weighted by molar-refractivity contribution is -0.192. The second-order valence-electron chi connectivity index (χ2n) is 7.58. The van der Waals surface area contributed by atoms with Gasteiger partial charge in [-0.2, -0.15) is 18.2 Å². The highest BCUT2D eigenvalue weighted by atomic mass is 32.1. The van der Waals surface area contributed by atoms with Crippen LogP contribution < -0.4 is 5.32 Å². The molecule has 0 bridgehead atoms. The van der Waals surface area contributed by atoms with E-state index in [0.29, 0.717) is 11.7 Å². The van der Waals surface area contributed by atoms with Crippen LogP contribution in [-0.4, -0.2) is 45.5 Å². The van der Waals surface area contributed by atoms with Gasteiger partial charge in [0.25, 0.3) is 5.89 Å². The Morgan fingerprint density at radius 1 is 1.33 bits per heavy atom. The SMILES string of the molecule is Cc1ncc2c(c1-c1noc(-c3ccc(C4CCCO4)s3)n1)CCNC2.O=C(O)C(F)(F)F. The quantitative estimate of drug-likeness (QED) is 0.569. The van der Waals surface area contributed by atoms with Crippen molar-refractivity contribution in [3.63, 3.8) is 0 Å². The number of nitrogens with zero attached hydrogens (tertiary/aromatic N) is 3. The lowest BCUT2D eigenvalue weighted by Gasteiger charge is -2.19. The number of ether oxygens (including phenoxy) is 1. The Morgan fingerprint density at radius 3 is 2.82 bits per heavy atom. The summed E-state index contributed by atoms with van der Waals surface area (Å²) in [5.41, 5.74) is 4.48. The van der Waals surface area contributed by atoms with E-state index in [0.717, 1.165) is 55.1 Å². The number of alkyl halides is 3. The fourth-order valence-corrected chi connectivity index (χ4v) is 4.75. The van der Waals surface area contributed by atoms with Crippen molar-refractivity contribution in [1.82, 2.24) is 20.4 Å². The maximum absolute atomic E-state index is 10.6. The summed E-state index contributed by atoms with van der Waals surface area (Å²) in [4.78, 5) is 20.3. The predicted octanol–water partition coefficient (Wildman–Crippen LogP) is 4.30. The van der Waals surface area contributed by atoms with Crippen molar-refractivity contribution in [3.8, 4) is 22.2 Å². The number of thiophene rings is 1. The summed E-state index contributed by atoms with van der Waals surface area (Å²) in [6.45, 7) is 4.66. The Bertz CT molecular complexity index is 1140. The van der Waals surface area contributed by atoms with Gasteiger partial charge in [-0.15, -0.1) is 11.3 Å². The van der Waals surface area contributed by atoms with Crippen molar-refractivity contribution in [3.05, 3.63) is 40.0 Å². The molecular formula is C21H21F3N4O4S. The average molecular weight is 482 g/mol. The number of halogens is 3. The first kappa shape index (κ1) is 23.3. The summed E-state index contributed by atoms with van der Waals surface area (Å²) in [6.07, 6.45) is 0.262. The van der Waals surface area contributed by atoms with E-state index in [9.17, 15) is 13.2 Å². The first-order valence-corrected chi connectivity index (χ1v) is 11.1. The van der Waals surface area contributed by atoms with Crippen LogP contribution in [-0.2, 0) is 22.5 Å². The third-order valence-corrected chi connectivity index (χ3v) is 6.47. The lowest BCUT2D eigenvalue weighted by atomic mass is 9.95. The van der Waals surface area contributed by atoms with Crippen molar-refractivity contribution < 1.29 is 32.3 Å². The van der Waals surface area contributed by atoms with Crippen molar-refractivity contribution in [2.24, 2.45) is 0 Å². The molecule has 2 aliphatic heterocycles. The van der Waals surface area contributed by atoms with E-state index in [2.05, 4.69) is 27.6 Å². The number of nitrogens with one attached hydrogen (secondary N) is 1. The number of rotatable bonds is 3. The van der Waals surface area contributed by atoms with Crippen LogP contribution in [0, 0.1) is 6.92 Å². The molecule has 1 atom stereocenters. The molecule has 1 unspecified atom stereocenters. The van der Waals surface area contributed by atoms with Crippen LogP contribution in [0.15, 0.2) is 22.9 Å². The van der Waals surface area contributed by atoms with Crippen molar-refractivity contribution >= 4 is 17.3 Å². The maximum atomic E-state index is 10.6. The van der Waals surface area contributed by atoms with Crippen LogP contribution in [0.5, 0.6) is 0 Å². The van der Waals surface area contributed by atoms with Crippen LogP contribution in [0.25, 0.3) is 22.2 Å². The van der Waals surface area contributed by atoms with E-state index < -0.39 is 12.1 Å². The molecule has 0 spiro atoms. The number of carbonyl (C=O) groups is 1. The predicted molar refractivity (Wildman–Crippen MR) is 113 cm³/mol. The molecule has 8 nitrogen and oxygen atoms in total. The van der Waals surface area contributed by atoms with Gasteiger partial charge in [-0.25, -0.2) is 4.79 Å². The number of carboxylic acid groups (broad SMARTS) is 1. The number of aryl methyl sites for hydroxylation is 1. The molecule has 0 aromatic carbocycles. The molecule has 12 heteroatoms. The summed E-state index contributed by atoms with van der Waals surface area (Å²) >= 11 is 1.68. The van der Waals surface area contributed by atoms with Gasteiger partial charge in [0.05, 0.1) is 11.0 Å². The zero-order chi connectivity index (χ0) is 23.6. The molecule has 3 aromatic heterocycles. The normalized spacial score (nSPS) is 17.9. The summed E-state index contributed by atoms with van der Waals surface area (Å²) in [6, 6.07) is 4.16. The van der Waals surface area contributed by atoms with E-state index in [1.54, 1.807) is 11.3 Å². The molecule has 1 fully saturated rings. The van der Waals surface area contributed by atoms with Crippen molar-refractivity contribution in [2.45, 2.75) is 45.0 Å². The zero-order valence-corrected chi connectivity index (χ0v) is 18.4. The molecule has 0 aliphatic carbocycles. The number of fused-ring (bicyclic) bond motifs is 1. The summed E-state index contributed by atoms with van der Waals surface area (Å²) in [5.74, 6) is -1.55. The van der Waals surface area contributed by atoms with E-state index in [-0.39, 0.29) is 6.10 Å². The number of hydrogen-bond donors (Lipinski definition) is 2. The van der Waals surface area contributed by atoms with Gasteiger partial charge in [0, 0.05) is 35.5 Å². The molecule has 176 valence electrons. The van der Waals surface area contributed by atoms with Gasteiger partial charge in [0.1, 0.15) is 0 Å². The highest BCUT2D eigenvalue weighted by Crippen LogP contribution is 2.37. The van der Waals surface area contributed by atoms with Gasteiger partial charge in [-0.05, 0) is 56.0 Å². The maximum Gasteiger partial charge on any atom is 0.490 e. The summed E-state index contributed by atoms with van der Waals surface area (Å²) in [5, 5.41) is 14.8. The van der Waals surface area contributed by atoms with Crippen LogP contribution in [0.4, 0.5) is 13.2 Å². The topological polar surface area (TPSA) is 110 Å². The number of hydrogen-bond acceptors (Lipinski definition) is 8. The van der Waals surface area contributed by atoms with Gasteiger partial charge in [0.2, 0.25) is 5.82 Å². The first-order valence-electron chi connectivity index (χ1n) is 10.3. The van der Waals surface area contributed by atoms with E-state index >= 15 is 0 Å². The van der Waals surface area contributed by atoms with Crippen LogP contribution >= 0.6 is 11.3 Å². The number of aromatic nitrogens is 3. The molecule has 3 aromatic rings. The van der Waals surface area contributed by atoms with E-state index in [1.165, 1.54) is 16.0 Å². The minimum absolute atomic E-state index is 0.219. The lowest BCUT2D eigenvalue weighted by Crippen LogP contribution is -2.24. The Kier molecular flexibility index (Phi) is 6.77. The molecule has 5 rings (SSSR count). The van der Waals surface area contributed by atoms with Crippen molar-refractivity contribution in [1.29, 1.82) is 0 Å². The Morgan fingerprint density at radius 2 is 2.12 bits per heavy atom. The Balaban J connectivity index is 0.000000325. The van der Waals surface area contributed by atoms with Gasteiger partial charge in [-0.3, -0.25) is 4.98 Å². The molecule has 2 aliphatic rings. The molecule has 0 amide bonds. The molecule has 0 radical (unpaired) electrons. The monoisotopic (exact) mass is 482 g/mol. The number of pyridine rings is 1. The second-order valence-corrected chi connectivity index (χ2v) is 8.69. The van der Waals surface area contributed by atoms with E-state index in [1.807, 2.05) is 13.1 Å².